The second kappa shape index (κ2) is 5.43. The molecule has 0 spiro atoms. The molecule has 1 unspecified atom stereocenters. The highest BCUT2D eigenvalue weighted by Gasteiger charge is 2.39. The molecule has 6 nitrogen and oxygen atoms in total. The van der Waals surface area contributed by atoms with Crippen LogP contribution in [0.15, 0.2) is 0 Å². The highest BCUT2D eigenvalue weighted by Crippen LogP contribution is 2.29. The minimum Gasteiger partial charge on any atom is -0.390 e. The van der Waals surface area contributed by atoms with E-state index in [9.17, 15) is 18.3 Å². The summed E-state index contributed by atoms with van der Waals surface area (Å²) >= 11 is 0. The van der Waals surface area contributed by atoms with Gasteiger partial charge in [0.05, 0.1) is 12.6 Å². The lowest BCUT2D eigenvalue weighted by Crippen LogP contribution is -2.42. The van der Waals surface area contributed by atoms with Crippen LogP contribution < -0.4 is 5.32 Å². The molecule has 0 fully saturated rings. The predicted molar refractivity (Wildman–Crippen MR) is 60.2 cm³/mol. The number of fused-ring (bicyclic) bond motifs is 1. The Morgan fingerprint density at radius 1 is 1.37 bits per heavy atom. The van der Waals surface area contributed by atoms with Crippen LogP contribution in [0.2, 0.25) is 0 Å². The maximum Gasteiger partial charge on any atom is 0.451 e. The molecule has 0 radical (unpaired) electrons. The summed E-state index contributed by atoms with van der Waals surface area (Å²) in [5.74, 6) is -0.659. The van der Waals surface area contributed by atoms with Crippen LogP contribution in [0.1, 0.15) is 11.6 Å². The third kappa shape index (κ3) is 3.23. The van der Waals surface area contributed by atoms with Gasteiger partial charge in [-0.15, -0.1) is 10.2 Å². The number of likely N-dealkylation sites (N-methyl/N-ethyl adjacent to an activating group) is 1. The van der Waals surface area contributed by atoms with Crippen LogP contribution in [-0.4, -0.2) is 57.6 Å². The lowest BCUT2D eigenvalue weighted by molar-refractivity contribution is -0.148. The molecule has 0 saturated carbocycles. The van der Waals surface area contributed by atoms with Gasteiger partial charge >= 0.3 is 6.18 Å². The highest BCUT2D eigenvalue weighted by molar-refractivity contribution is 5.02. The van der Waals surface area contributed by atoms with E-state index in [0.29, 0.717) is 19.6 Å². The zero-order valence-electron chi connectivity index (χ0n) is 10.5. The SMILES string of the molecule is CNCC(O)CN1CCn2c(nnc2C(F)(F)F)C1. The van der Waals surface area contributed by atoms with E-state index in [1.165, 1.54) is 0 Å². The Kier molecular flexibility index (Phi) is 4.07. The molecule has 108 valence electrons. The first-order valence-electron chi connectivity index (χ1n) is 5.96. The van der Waals surface area contributed by atoms with Crippen molar-refractivity contribution in [3.05, 3.63) is 11.6 Å². The minimum absolute atomic E-state index is 0.184. The molecular formula is C10H16F3N5O. The Morgan fingerprint density at radius 2 is 2.11 bits per heavy atom. The van der Waals surface area contributed by atoms with E-state index in [1.54, 1.807) is 7.05 Å². The summed E-state index contributed by atoms with van der Waals surface area (Å²) in [6.45, 7) is 1.73. The summed E-state index contributed by atoms with van der Waals surface area (Å²) in [5, 5.41) is 19.3. The highest BCUT2D eigenvalue weighted by atomic mass is 19.4. The van der Waals surface area contributed by atoms with Gasteiger partial charge in [0, 0.05) is 26.2 Å². The van der Waals surface area contributed by atoms with Crippen molar-refractivity contribution in [2.45, 2.75) is 25.4 Å². The molecule has 0 aliphatic carbocycles. The van der Waals surface area contributed by atoms with Gasteiger partial charge in [-0.1, -0.05) is 0 Å². The van der Waals surface area contributed by atoms with Crippen LogP contribution in [0, 0.1) is 0 Å². The number of aliphatic hydroxyl groups excluding tert-OH is 1. The molecule has 0 saturated heterocycles. The van der Waals surface area contributed by atoms with Crippen molar-refractivity contribution in [2.24, 2.45) is 0 Å². The van der Waals surface area contributed by atoms with E-state index in [-0.39, 0.29) is 18.9 Å². The van der Waals surface area contributed by atoms with Crippen molar-refractivity contribution < 1.29 is 18.3 Å². The molecule has 0 amide bonds. The topological polar surface area (TPSA) is 66.2 Å². The Bertz CT molecular complexity index is 433. The van der Waals surface area contributed by atoms with Crippen LogP contribution in [0.4, 0.5) is 13.2 Å². The molecule has 1 aromatic heterocycles. The number of rotatable bonds is 4. The van der Waals surface area contributed by atoms with Crippen LogP contribution in [0.3, 0.4) is 0 Å². The van der Waals surface area contributed by atoms with Crippen molar-refractivity contribution in [1.29, 1.82) is 0 Å². The third-order valence-electron chi connectivity index (χ3n) is 2.99. The first-order chi connectivity index (χ1) is 8.91. The van der Waals surface area contributed by atoms with Crippen LogP contribution in [0.5, 0.6) is 0 Å². The first-order valence-corrected chi connectivity index (χ1v) is 5.96. The standard InChI is InChI=1S/C10H16F3N5O/c1-14-4-7(19)5-17-2-3-18-8(6-17)15-16-9(18)10(11,12)13/h7,14,19H,2-6H2,1H3. The number of hydrogen-bond donors (Lipinski definition) is 2. The number of aromatic nitrogens is 3. The molecule has 2 N–H and O–H groups in total. The van der Waals surface area contributed by atoms with Gasteiger partial charge in [-0.05, 0) is 7.05 Å². The molecule has 1 aliphatic rings. The summed E-state index contributed by atoms with van der Waals surface area (Å²) in [6, 6.07) is 0. The van der Waals surface area contributed by atoms with Crippen molar-refractivity contribution in [3.63, 3.8) is 0 Å². The van der Waals surface area contributed by atoms with Gasteiger partial charge in [-0.3, -0.25) is 4.90 Å². The lowest BCUT2D eigenvalue weighted by Gasteiger charge is -2.29. The Labute approximate surface area is 108 Å². The van der Waals surface area contributed by atoms with E-state index < -0.39 is 18.1 Å². The average molecular weight is 279 g/mol. The van der Waals surface area contributed by atoms with Gasteiger partial charge < -0.3 is 15.0 Å². The molecule has 1 aliphatic heterocycles. The van der Waals surface area contributed by atoms with E-state index >= 15 is 0 Å². The minimum atomic E-state index is -4.47. The number of nitrogens with zero attached hydrogens (tertiary/aromatic N) is 4. The lowest BCUT2D eigenvalue weighted by atomic mass is 10.2. The Balaban J connectivity index is 2.03. The van der Waals surface area contributed by atoms with Crippen molar-refractivity contribution >= 4 is 0 Å². The van der Waals surface area contributed by atoms with Crippen LogP contribution >= 0.6 is 0 Å². The van der Waals surface area contributed by atoms with Gasteiger partial charge in [0.2, 0.25) is 5.82 Å². The molecular weight excluding hydrogens is 263 g/mol. The summed E-state index contributed by atoms with van der Waals surface area (Å²) in [6.07, 6.45) is -5.03. The summed E-state index contributed by atoms with van der Waals surface area (Å²) < 4.78 is 39.0. The third-order valence-corrected chi connectivity index (χ3v) is 2.99. The Morgan fingerprint density at radius 3 is 2.74 bits per heavy atom. The molecule has 2 heterocycles. The molecule has 19 heavy (non-hydrogen) atoms. The fourth-order valence-corrected chi connectivity index (χ4v) is 2.17. The fraction of sp³-hybridized carbons (Fsp3) is 0.800. The Hall–Kier alpha value is -1.19. The largest absolute Gasteiger partial charge is 0.451 e. The van der Waals surface area contributed by atoms with Gasteiger partial charge in [-0.2, -0.15) is 13.2 Å². The predicted octanol–water partition coefficient (Wildman–Crippen LogP) is -0.307. The van der Waals surface area contributed by atoms with Crippen molar-refractivity contribution in [2.75, 3.05) is 26.7 Å². The van der Waals surface area contributed by atoms with Crippen molar-refractivity contribution in [1.82, 2.24) is 25.0 Å². The van der Waals surface area contributed by atoms with E-state index in [0.717, 1.165) is 4.57 Å². The fourth-order valence-electron chi connectivity index (χ4n) is 2.17. The quantitative estimate of drug-likeness (QED) is 0.791. The van der Waals surface area contributed by atoms with E-state index in [4.69, 9.17) is 0 Å². The van der Waals surface area contributed by atoms with Crippen LogP contribution in [-0.2, 0) is 19.3 Å². The molecule has 0 aromatic carbocycles. The van der Waals surface area contributed by atoms with E-state index in [1.807, 2.05) is 4.90 Å². The average Bonchev–Trinajstić information content (AvgIpc) is 2.71. The number of alkyl halides is 3. The second-order valence-electron chi connectivity index (χ2n) is 4.54. The van der Waals surface area contributed by atoms with Gasteiger partial charge in [0.25, 0.3) is 0 Å². The maximum absolute atomic E-state index is 12.6. The number of hydrogen-bond acceptors (Lipinski definition) is 5. The number of aliphatic hydroxyl groups is 1. The molecule has 1 atom stereocenters. The smallest absolute Gasteiger partial charge is 0.390 e. The number of β-amino-alcohol motifs (C(OH)–C–C–N with tert-alkyl or cyclic N) is 1. The molecule has 9 heteroatoms. The normalized spacial score (nSPS) is 18.4. The molecule has 1 aromatic rings. The number of nitrogens with one attached hydrogen (secondary N) is 1. The van der Waals surface area contributed by atoms with E-state index in [2.05, 4.69) is 15.5 Å². The summed E-state index contributed by atoms with van der Waals surface area (Å²) in [4.78, 5) is 1.87. The monoisotopic (exact) mass is 279 g/mol. The van der Waals surface area contributed by atoms with Gasteiger partial charge in [0.15, 0.2) is 0 Å². The van der Waals surface area contributed by atoms with Gasteiger partial charge in [0.1, 0.15) is 5.82 Å². The van der Waals surface area contributed by atoms with Crippen LogP contribution in [0.25, 0.3) is 0 Å². The second-order valence-corrected chi connectivity index (χ2v) is 4.54. The molecule has 0 bridgehead atoms. The first kappa shape index (κ1) is 14.2. The molecule has 2 rings (SSSR count). The van der Waals surface area contributed by atoms with Crippen molar-refractivity contribution in [3.8, 4) is 0 Å². The summed E-state index contributed by atoms with van der Waals surface area (Å²) in [5.41, 5.74) is 0. The summed E-state index contributed by atoms with van der Waals surface area (Å²) in [7, 11) is 1.73. The zero-order chi connectivity index (χ0) is 14.0. The maximum atomic E-state index is 12.6. The zero-order valence-corrected chi connectivity index (χ0v) is 10.5. The number of halogens is 3. The van der Waals surface area contributed by atoms with Gasteiger partial charge in [-0.25, -0.2) is 0 Å².